The van der Waals surface area contributed by atoms with Gasteiger partial charge in [0, 0.05) is 17.3 Å². The van der Waals surface area contributed by atoms with E-state index in [2.05, 4.69) is 31.2 Å². The van der Waals surface area contributed by atoms with Gasteiger partial charge in [-0.1, -0.05) is 102 Å². The van der Waals surface area contributed by atoms with Crippen molar-refractivity contribution in [3.05, 3.63) is 113 Å². The Labute approximate surface area is 208 Å². The summed E-state index contributed by atoms with van der Waals surface area (Å²) in [4.78, 5) is 15.7. The highest BCUT2D eigenvalue weighted by atomic mass is 32.2. The lowest BCUT2D eigenvalue weighted by atomic mass is 10.1. The van der Waals surface area contributed by atoms with E-state index in [-0.39, 0.29) is 11.9 Å². The summed E-state index contributed by atoms with van der Waals surface area (Å²) < 4.78 is 2.42. The van der Waals surface area contributed by atoms with Crippen LogP contribution in [-0.2, 0) is 4.79 Å². The number of carbonyl (C=O) groups excluding carboxylic acids is 1. The third kappa shape index (κ3) is 4.34. The van der Waals surface area contributed by atoms with Crippen molar-refractivity contribution in [2.24, 2.45) is 0 Å². The lowest BCUT2D eigenvalue weighted by Crippen LogP contribution is -2.30. The van der Waals surface area contributed by atoms with Gasteiger partial charge in [0.2, 0.25) is 0 Å². The molecule has 5 rings (SSSR count). The maximum Gasteiger partial charge on any atom is 0.266 e. The highest BCUT2D eigenvalue weighted by molar-refractivity contribution is 8.26. The molecule has 0 spiro atoms. The van der Waals surface area contributed by atoms with Gasteiger partial charge >= 0.3 is 0 Å². The van der Waals surface area contributed by atoms with Gasteiger partial charge in [0.05, 0.1) is 22.3 Å². The predicted octanol–water partition coefficient (Wildman–Crippen LogP) is 6.81. The Morgan fingerprint density at radius 3 is 2.26 bits per heavy atom. The van der Waals surface area contributed by atoms with Crippen molar-refractivity contribution in [1.82, 2.24) is 14.7 Å². The monoisotopic (exact) mass is 481 g/mol. The van der Waals surface area contributed by atoms with Gasteiger partial charge in [0.1, 0.15) is 4.32 Å². The average molecular weight is 482 g/mol. The van der Waals surface area contributed by atoms with Crippen LogP contribution in [0.2, 0.25) is 0 Å². The zero-order valence-corrected chi connectivity index (χ0v) is 20.5. The fourth-order valence-corrected chi connectivity index (χ4v) is 5.39. The molecule has 1 unspecified atom stereocenters. The zero-order valence-electron chi connectivity index (χ0n) is 18.9. The smallest absolute Gasteiger partial charge is 0.266 e. The van der Waals surface area contributed by atoms with E-state index in [9.17, 15) is 4.79 Å². The van der Waals surface area contributed by atoms with Crippen LogP contribution in [0.15, 0.2) is 96.0 Å². The maximum atomic E-state index is 13.4. The summed E-state index contributed by atoms with van der Waals surface area (Å²) in [5, 5.41) is 4.87. The molecular weight excluding hydrogens is 458 g/mol. The van der Waals surface area contributed by atoms with Crippen molar-refractivity contribution in [2.75, 3.05) is 0 Å². The highest BCUT2D eigenvalue weighted by Crippen LogP contribution is 2.39. The van der Waals surface area contributed by atoms with Gasteiger partial charge in [0.15, 0.2) is 0 Å². The second-order valence-corrected chi connectivity index (χ2v) is 9.89. The van der Waals surface area contributed by atoms with Crippen molar-refractivity contribution in [3.8, 4) is 16.9 Å². The minimum absolute atomic E-state index is 0.0753. The third-order valence-electron chi connectivity index (χ3n) is 5.87. The Balaban J connectivity index is 1.54. The molecule has 3 aromatic carbocycles. The van der Waals surface area contributed by atoms with E-state index >= 15 is 0 Å². The number of rotatable bonds is 5. The van der Waals surface area contributed by atoms with Crippen molar-refractivity contribution >= 4 is 40.3 Å². The molecule has 6 heteroatoms. The molecule has 0 aliphatic carbocycles. The van der Waals surface area contributed by atoms with Crippen LogP contribution in [0.4, 0.5) is 0 Å². The van der Waals surface area contributed by atoms with Crippen LogP contribution in [0.1, 0.15) is 29.7 Å². The average Bonchev–Trinajstić information content (AvgIpc) is 3.41. The van der Waals surface area contributed by atoms with E-state index in [4.69, 9.17) is 17.3 Å². The number of aryl methyl sites for hydroxylation is 1. The predicted molar refractivity (Wildman–Crippen MR) is 144 cm³/mol. The minimum atomic E-state index is -0.136. The number of amides is 1. The molecule has 4 nitrogen and oxygen atoms in total. The third-order valence-corrected chi connectivity index (χ3v) is 7.20. The van der Waals surface area contributed by atoms with E-state index in [0.29, 0.717) is 9.23 Å². The van der Waals surface area contributed by atoms with Crippen LogP contribution in [-0.4, -0.2) is 24.9 Å². The van der Waals surface area contributed by atoms with E-state index < -0.39 is 0 Å². The number of benzene rings is 3. The summed E-state index contributed by atoms with van der Waals surface area (Å²) in [6.45, 7) is 4.07. The Bertz CT molecular complexity index is 1380. The number of thiocarbonyl (C=S) groups is 1. The minimum Gasteiger partial charge on any atom is -0.286 e. The summed E-state index contributed by atoms with van der Waals surface area (Å²) in [5.74, 6) is -0.0753. The maximum absolute atomic E-state index is 13.4. The van der Waals surface area contributed by atoms with Gasteiger partial charge in [-0.05, 0) is 37.6 Å². The number of aromatic nitrogens is 2. The van der Waals surface area contributed by atoms with Gasteiger partial charge in [-0.15, -0.1) is 0 Å². The first-order valence-electron chi connectivity index (χ1n) is 11.1. The van der Waals surface area contributed by atoms with Gasteiger partial charge in [-0.25, -0.2) is 4.68 Å². The molecule has 168 valence electrons. The number of hydrogen-bond acceptors (Lipinski definition) is 4. The number of carbonyl (C=O) groups is 1. The zero-order chi connectivity index (χ0) is 23.7. The van der Waals surface area contributed by atoms with Crippen molar-refractivity contribution in [3.63, 3.8) is 0 Å². The molecule has 34 heavy (non-hydrogen) atoms. The second kappa shape index (κ2) is 9.41. The Morgan fingerprint density at radius 2 is 1.59 bits per heavy atom. The number of hydrogen-bond donors (Lipinski definition) is 0. The SMILES string of the molecule is Cc1ccc(-c2nn(-c3ccccc3)cc2/C=C2\SC(=S)N(C(C)c3ccccc3)C2=O)cc1. The van der Waals surface area contributed by atoms with Crippen LogP contribution >= 0.6 is 24.0 Å². The fourth-order valence-electron chi connectivity index (χ4n) is 3.98. The van der Waals surface area contributed by atoms with Crippen molar-refractivity contribution < 1.29 is 4.79 Å². The fraction of sp³-hybridized carbons (Fsp3) is 0.107. The highest BCUT2D eigenvalue weighted by Gasteiger charge is 2.36. The topological polar surface area (TPSA) is 38.1 Å². The molecule has 1 aromatic heterocycles. The molecule has 1 atom stereocenters. The van der Waals surface area contributed by atoms with Crippen LogP contribution in [0.25, 0.3) is 23.0 Å². The first-order chi connectivity index (χ1) is 16.5. The Kier molecular flexibility index (Phi) is 6.18. The van der Waals surface area contributed by atoms with Crippen LogP contribution in [0.3, 0.4) is 0 Å². The van der Waals surface area contributed by atoms with Crippen molar-refractivity contribution in [1.29, 1.82) is 0 Å². The van der Waals surface area contributed by atoms with Crippen LogP contribution in [0.5, 0.6) is 0 Å². The van der Waals surface area contributed by atoms with E-state index in [1.807, 2.05) is 84.5 Å². The lowest BCUT2D eigenvalue weighted by Gasteiger charge is -2.23. The molecule has 0 saturated carbocycles. The molecule has 1 saturated heterocycles. The number of nitrogens with zero attached hydrogens (tertiary/aromatic N) is 3. The van der Waals surface area contributed by atoms with Crippen LogP contribution in [0, 0.1) is 6.92 Å². The molecular formula is C28H23N3OS2. The summed E-state index contributed by atoms with van der Waals surface area (Å²) >= 11 is 6.96. The van der Waals surface area contributed by atoms with Gasteiger partial charge in [-0.3, -0.25) is 9.69 Å². The summed E-state index contributed by atoms with van der Waals surface area (Å²) in [6, 6.07) is 28.1. The van der Waals surface area contributed by atoms with E-state index in [1.165, 1.54) is 17.3 Å². The number of thioether (sulfide) groups is 1. The van der Waals surface area contributed by atoms with Gasteiger partial charge in [0.25, 0.3) is 5.91 Å². The Morgan fingerprint density at radius 1 is 0.941 bits per heavy atom. The molecule has 1 aliphatic heterocycles. The largest absolute Gasteiger partial charge is 0.286 e. The molecule has 0 N–H and O–H groups in total. The lowest BCUT2D eigenvalue weighted by molar-refractivity contribution is -0.123. The van der Waals surface area contributed by atoms with Crippen molar-refractivity contribution in [2.45, 2.75) is 19.9 Å². The first kappa shape index (κ1) is 22.3. The van der Waals surface area contributed by atoms with E-state index in [1.54, 1.807) is 4.90 Å². The molecule has 0 bridgehead atoms. The second-order valence-electron chi connectivity index (χ2n) is 8.22. The first-order valence-corrected chi connectivity index (χ1v) is 12.3. The standard InChI is InChI=1S/C28H23N3OS2/c1-19-13-15-22(16-14-19)26-23(18-30(29-26)24-11-7-4-8-12-24)17-25-27(32)31(28(33)34-25)20(2)21-9-5-3-6-10-21/h3-18,20H,1-2H3/b25-17-. The molecule has 0 radical (unpaired) electrons. The van der Waals surface area contributed by atoms with Crippen LogP contribution < -0.4 is 0 Å². The van der Waals surface area contributed by atoms with Gasteiger partial charge < -0.3 is 0 Å². The summed E-state index contributed by atoms with van der Waals surface area (Å²) in [7, 11) is 0. The number of para-hydroxylation sites is 1. The molecule has 4 aromatic rings. The van der Waals surface area contributed by atoms with E-state index in [0.717, 1.165) is 28.1 Å². The Hall–Kier alpha value is -3.48. The molecule has 1 aliphatic rings. The molecule has 2 heterocycles. The molecule has 1 amide bonds. The quantitative estimate of drug-likeness (QED) is 0.232. The summed E-state index contributed by atoms with van der Waals surface area (Å²) in [5.41, 5.74) is 5.90. The summed E-state index contributed by atoms with van der Waals surface area (Å²) in [6.07, 6.45) is 3.89. The normalized spacial score (nSPS) is 15.8. The van der Waals surface area contributed by atoms with Gasteiger partial charge in [-0.2, -0.15) is 5.10 Å². The molecule has 1 fully saturated rings.